The van der Waals surface area contributed by atoms with Gasteiger partial charge in [-0.15, -0.1) is 0 Å². The molecule has 0 fully saturated rings. The van der Waals surface area contributed by atoms with Crippen LogP contribution in [0.25, 0.3) is 0 Å². The maximum absolute atomic E-state index is 12.0. The van der Waals surface area contributed by atoms with E-state index in [0.29, 0.717) is 23.6 Å². The number of hydrogen-bond donors (Lipinski definition) is 1. The second-order valence-corrected chi connectivity index (χ2v) is 4.13. The van der Waals surface area contributed by atoms with Crippen molar-refractivity contribution in [1.29, 1.82) is 0 Å². The largest absolute Gasteiger partial charge is 0.496 e. The van der Waals surface area contributed by atoms with Gasteiger partial charge < -0.3 is 14.8 Å². The minimum absolute atomic E-state index is 0.126. The van der Waals surface area contributed by atoms with Crippen LogP contribution < -0.4 is 14.8 Å². The Labute approximate surface area is 108 Å². The highest BCUT2D eigenvalue weighted by atomic mass is 16.5. The van der Waals surface area contributed by atoms with Crippen molar-refractivity contribution in [2.45, 2.75) is 26.7 Å². The Bertz CT molecular complexity index is 416. The van der Waals surface area contributed by atoms with Gasteiger partial charge >= 0.3 is 0 Å². The predicted octanol–water partition coefficient (Wildman–Crippen LogP) is 2.54. The summed E-state index contributed by atoms with van der Waals surface area (Å²) in [6.07, 6.45) is 2.02. The van der Waals surface area contributed by atoms with Crippen molar-refractivity contribution >= 4 is 5.91 Å². The molecule has 1 amide bonds. The molecule has 1 N–H and O–H groups in total. The van der Waals surface area contributed by atoms with Gasteiger partial charge in [0.25, 0.3) is 5.91 Å². The molecule has 1 aromatic carbocycles. The molecule has 4 nitrogen and oxygen atoms in total. The smallest absolute Gasteiger partial charge is 0.255 e. The molecule has 1 aromatic rings. The third-order valence-electron chi connectivity index (χ3n) is 2.78. The summed E-state index contributed by atoms with van der Waals surface area (Å²) >= 11 is 0. The third-order valence-corrected chi connectivity index (χ3v) is 2.78. The van der Waals surface area contributed by atoms with Gasteiger partial charge in [0.15, 0.2) is 0 Å². The average molecular weight is 251 g/mol. The van der Waals surface area contributed by atoms with E-state index in [1.54, 1.807) is 20.3 Å². The highest BCUT2D eigenvalue weighted by Gasteiger charge is 2.15. The van der Waals surface area contributed by atoms with Crippen molar-refractivity contribution in [1.82, 2.24) is 5.32 Å². The lowest BCUT2D eigenvalue weighted by atomic mass is 10.1. The van der Waals surface area contributed by atoms with Crippen LogP contribution in [-0.2, 0) is 0 Å². The summed E-state index contributed by atoms with van der Waals surface area (Å²) < 4.78 is 10.5. The number of amides is 1. The molecule has 0 aliphatic rings. The highest BCUT2D eigenvalue weighted by Crippen LogP contribution is 2.28. The number of benzene rings is 1. The molecule has 0 heterocycles. The molecule has 0 spiro atoms. The molecule has 100 valence electrons. The quantitative estimate of drug-likeness (QED) is 0.790. The molecule has 0 aromatic heterocycles. The molecule has 0 saturated heterocycles. The van der Waals surface area contributed by atoms with Gasteiger partial charge in [0.2, 0.25) is 0 Å². The summed E-state index contributed by atoms with van der Waals surface area (Å²) in [6.45, 7) is 4.68. The van der Waals surface area contributed by atoms with E-state index >= 15 is 0 Å². The van der Waals surface area contributed by atoms with E-state index in [2.05, 4.69) is 12.2 Å². The fraction of sp³-hybridized carbons (Fsp3) is 0.500. The summed E-state index contributed by atoms with van der Waals surface area (Å²) in [5, 5.41) is 2.87. The maximum atomic E-state index is 12.0. The van der Waals surface area contributed by atoms with Gasteiger partial charge in [-0.1, -0.05) is 13.3 Å². The minimum atomic E-state index is -0.126. The average Bonchev–Trinajstić information content (AvgIpc) is 2.38. The lowest BCUT2D eigenvalue weighted by Crippen LogP contribution is -2.25. The van der Waals surface area contributed by atoms with Crippen molar-refractivity contribution in [2.24, 2.45) is 0 Å². The van der Waals surface area contributed by atoms with Crippen LogP contribution in [0.1, 0.15) is 35.7 Å². The fourth-order valence-corrected chi connectivity index (χ4v) is 1.70. The SMILES string of the molecule is CCCCNC(=O)c1cc(OC)c(C)cc1OC. The number of carbonyl (C=O) groups excluding carboxylic acids is 1. The van der Waals surface area contributed by atoms with Crippen molar-refractivity contribution in [2.75, 3.05) is 20.8 Å². The maximum Gasteiger partial charge on any atom is 0.255 e. The molecule has 1 rings (SSSR count). The zero-order valence-corrected chi connectivity index (χ0v) is 11.5. The first kappa shape index (κ1) is 14.4. The van der Waals surface area contributed by atoms with Crippen molar-refractivity contribution in [3.8, 4) is 11.5 Å². The van der Waals surface area contributed by atoms with E-state index in [4.69, 9.17) is 9.47 Å². The van der Waals surface area contributed by atoms with Gasteiger partial charge in [0, 0.05) is 6.54 Å². The van der Waals surface area contributed by atoms with Crippen LogP contribution in [0.15, 0.2) is 12.1 Å². The molecule has 0 radical (unpaired) electrons. The number of methoxy groups -OCH3 is 2. The number of nitrogens with one attached hydrogen (secondary N) is 1. The first-order chi connectivity index (χ1) is 8.63. The lowest BCUT2D eigenvalue weighted by Gasteiger charge is -2.13. The van der Waals surface area contributed by atoms with Crippen LogP contribution in [0.4, 0.5) is 0 Å². The van der Waals surface area contributed by atoms with Gasteiger partial charge in [0.1, 0.15) is 11.5 Å². The van der Waals surface area contributed by atoms with E-state index in [1.165, 1.54) is 0 Å². The molecular weight excluding hydrogens is 230 g/mol. The van der Waals surface area contributed by atoms with Gasteiger partial charge in [-0.2, -0.15) is 0 Å². The van der Waals surface area contributed by atoms with Crippen LogP contribution in [0.2, 0.25) is 0 Å². The van der Waals surface area contributed by atoms with E-state index in [0.717, 1.165) is 18.4 Å². The minimum Gasteiger partial charge on any atom is -0.496 e. The molecule has 0 aliphatic heterocycles. The molecule has 0 bridgehead atoms. The molecule has 0 unspecified atom stereocenters. The third kappa shape index (κ3) is 3.39. The van der Waals surface area contributed by atoms with Gasteiger partial charge in [-0.25, -0.2) is 0 Å². The Morgan fingerprint density at radius 1 is 1.22 bits per heavy atom. The molecule has 0 atom stereocenters. The van der Waals surface area contributed by atoms with Gasteiger partial charge in [0.05, 0.1) is 19.8 Å². The number of carbonyl (C=O) groups is 1. The van der Waals surface area contributed by atoms with E-state index < -0.39 is 0 Å². The van der Waals surface area contributed by atoms with Crippen LogP contribution in [0, 0.1) is 6.92 Å². The van der Waals surface area contributed by atoms with Crippen molar-refractivity contribution in [3.63, 3.8) is 0 Å². The Balaban J connectivity index is 2.94. The molecule has 4 heteroatoms. The van der Waals surface area contributed by atoms with Crippen LogP contribution in [-0.4, -0.2) is 26.7 Å². The Morgan fingerprint density at radius 2 is 1.89 bits per heavy atom. The van der Waals surface area contributed by atoms with E-state index in [9.17, 15) is 4.79 Å². The summed E-state index contributed by atoms with van der Waals surface area (Å²) in [7, 11) is 3.15. The van der Waals surface area contributed by atoms with Gasteiger partial charge in [-0.05, 0) is 31.0 Å². The topological polar surface area (TPSA) is 47.6 Å². The Morgan fingerprint density at radius 3 is 2.44 bits per heavy atom. The fourth-order valence-electron chi connectivity index (χ4n) is 1.70. The predicted molar refractivity (Wildman–Crippen MR) is 71.5 cm³/mol. The standard InChI is InChI=1S/C14H21NO3/c1-5-6-7-15-14(16)11-9-12(17-3)10(2)8-13(11)18-4/h8-9H,5-7H2,1-4H3,(H,15,16). The monoisotopic (exact) mass is 251 g/mol. The Hall–Kier alpha value is -1.71. The van der Waals surface area contributed by atoms with Crippen LogP contribution in [0.5, 0.6) is 11.5 Å². The molecule has 0 aliphatic carbocycles. The number of rotatable bonds is 6. The molecule has 0 saturated carbocycles. The second-order valence-electron chi connectivity index (χ2n) is 4.13. The zero-order valence-electron chi connectivity index (χ0n) is 11.5. The number of aryl methyl sites for hydroxylation is 1. The Kier molecular flexibility index (Phi) is 5.49. The van der Waals surface area contributed by atoms with Crippen LogP contribution >= 0.6 is 0 Å². The van der Waals surface area contributed by atoms with E-state index in [1.807, 2.05) is 13.0 Å². The highest BCUT2D eigenvalue weighted by molar-refractivity contribution is 5.97. The number of ether oxygens (including phenoxy) is 2. The summed E-state index contributed by atoms with van der Waals surface area (Å²) in [4.78, 5) is 12.0. The summed E-state index contributed by atoms with van der Waals surface area (Å²) in [6, 6.07) is 3.53. The van der Waals surface area contributed by atoms with Gasteiger partial charge in [-0.3, -0.25) is 4.79 Å². The normalized spacial score (nSPS) is 10.0. The first-order valence-corrected chi connectivity index (χ1v) is 6.14. The summed E-state index contributed by atoms with van der Waals surface area (Å²) in [5.74, 6) is 1.14. The van der Waals surface area contributed by atoms with Crippen LogP contribution in [0.3, 0.4) is 0 Å². The number of unbranched alkanes of at least 4 members (excludes halogenated alkanes) is 1. The molecule has 18 heavy (non-hydrogen) atoms. The van der Waals surface area contributed by atoms with E-state index in [-0.39, 0.29) is 5.91 Å². The zero-order chi connectivity index (χ0) is 13.5. The first-order valence-electron chi connectivity index (χ1n) is 6.14. The summed E-state index contributed by atoms with van der Waals surface area (Å²) in [5.41, 5.74) is 1.45. The molecular formula is C14H21NO3. The van der Waals surface area contributed by atoms with Crippen molar-refractivity contribution in [3.05, 3.63) is 23.3 Å². The van der Waals surface area contributed by atoms with Crippen molar-refractivity contribution < 1.29 is 14.3 Å². The lowest BCUT2D eigenvalue weighted by molar-refractivity contribution is 0.0949. The second kappa shape index (κ2) is 6.89. The number of hydrogen-bond acceptors (Lipinski definition) is 3.